The van der Waals surface area contributed by atoms with Crippen LogP contribution in [0.1, 0.15) is 32.0 Å². The lowest BCUT2D eigenvalue weighted by molar-refractivity contribution is -0.137. The van der Waals surface area contributed by atoms with Gasteiger partial charge in [0.25, 0.3) is 0 Å². The molecule has 78 valence electrons. The third-order valence-corrected chi connectivity index (χ3v) is 1.92. The second-order valence-electron chi connectivity index (χ2n) is 3.15. The Morgan fingerprint density at radius 1 is 1.64 bits per heavy atom. The van der Waals surface area contributed by atoms with Crippen molar-refractivity contribution in [2.24, 2.45) is 0 Å². The molecule has 0 unspecified atom stereocenters. The zero-order valence-electron chi connectivity index (χ0n) is 8.31. The number of aromatic nitrogens is 3. The van der Waals surface area contributed by atoms with Crippen molar-refractivity contribution in [3.8, 4) is 0 Å². The van der Waals surface area contributed by atoms with E-state index in [4.69, 9.17) is 5.11 Å². The fourth-order valence-electron chi connectivity index (χ4n) is 1.28. The summed E-state index contributed by atoms with van der Waals surface area (Å²) in [5, 5.41) is 12.5. The van der Waals surface area contributed by atoms with E-state index in [1.165, 1.54) is 6.33 Å². The van der Waals surface area contributed by atoms with Crippen LogP contribution >= 0.6 is 0 Å². The lowest BCUT2D eigenvalue weighted by Crippen LogP contribution is -2.06. The van der Waals surface area contributed by atoms with Gasteiger partial charge in [0.15, 0.2) is 0 Å². The molecule has 0 aliphatic rings. The average Bonchev–Trinajstić information content (AvgIpc) is 2.53. The number of aliphatic carboxylic acids is 1. The maximum atomic E-state index is 10.3. The first-order valence-corrected chi connectivity index (χ1v) is 4.82. The van der Waals surface area contributed by atoms with Crippen LogP contribution in [0.3, 0.4) is 0 Å². The molecular formula is C9H15N3O2. The molecule has 5 nitrogen and oxygen atoms in total. The van der Waals surface area contributed by atoms with Gasteiger partial charge in [-0.3, -0.25) is 9.48 Å². The molecule has 1 aromatic heterocycles. The van der Waals surface area contributed by atoms with Crippen molar-refractivity contribution in [3.63, 3.8) is 0 Å². The summed E-state index contributed by atoms with van der Waals surface area (Å²) in [6.07, 6.45) is 4.03. The van der Waals surface area contributed by atoms with Gasteiger partial charge in [0.05, 0.1) is 0 Å². The Morgan fingerprint density at radius 2 is 2.43 bits per heavy atom. The van der Waals surface area contributed by atoms with Gasteiger partial charge >= 0.3 is 5.97 Å². The van der Waals surface area contributed by atoms with Crippen LogP contribution < -0.4 is 0 Å². The number of carbonyl (C=O) groups is 1. The van der Waals surface area contributed by atoms with Gasteiger partial charge in [-0.05, 0) is 12.8 Å². The third kappa shape index (κ3) is 3.16. The number of rotatable bonds is 6. The van der Waals surface area contributed by atoms with E-state index in [9.17, 15) is 4.79 Å². The summed E-state index contributed by atoms with van der Waals surface area (Å²) in [5.74, 6) is 0.125. The van der Waals surface area contributed by atoms with Crippen molar-refractivity contribution in [3.05, 3.63) is 12.2 Å². The largest absolute Gasteiger partial charge is 0.481 e. The molecule has 1 rings (SSSR count). The topological polar surface area (TPSA) is 68.0 Å². The molecule has 0 spiro atoms. The number of nitrogens with zero attached hydrogens (tertiary/aromatic N) is 3. The minimum atomic E-state index is -0.758. The van der Waals surface area contributed by atoms with Gasteiger partial charge in [0.2, 0.25) is 0 Å². The maximum Gasteiger partial charge on any atom is 0.303 e. The zero-order valence-corrected chi connectivity index (χ0v) is 8.31. The molecule has 1 aromatic rings. The summed E-state index contributed by atoms with van der Waals surface area (Å²) in [6, 6.07) is 0. The molecule has 0 aliphatic carbocycles. The van der Waals surface area contributed by atoms with E-state index in [1.54, 1.807) is 0 Å². The molecule has 1 N–H and O–H groups in total. The lowest BCUT2D eigenvalue weighted by Gasteiger charge is -2.02. The van der Waals surface area contributed by atoms with Crippen LogP contribution in [0.5, 0.6) is 0 Å². The Labute approximate surface area is 82.8 Å². The molecule has 5 heteroatoms. The van der Waals surface area contributed by atoms with Crippen molar-refractivity contribution in [2.45, 2.75) is 39.2 Å². The van der Waals surface area contributed by atoms with E-state index in [1.807, 2.05) is 4.68 Å². The molecule has 14 heavy (non-hydrogen) atoms. The fourth-order valence-corrected chi connectivity index (χ4v) is 1.28. The molecule has 0 amide bonds. The quantitative estimate of drug-likeness (QED) is 0.741. The monoisotopic (exact) mass is 197 g/mol. The Morgan fingerprint density at radius 3 is 3.07 bits per heavy atom. The second-order valence-corrected chi connectivity index (χ2v) is 3.15. The van der Waals surface area contributed by atoms with Crippen LogP contribution in [0.4, 0.5) is 0 Å². The number of hydrogen-bond acceptors (Lipinski definition) is 3. The summed E-state index contributed by atoms with van der Waals surface area (Å²) in [7, 11) is 0. The zero-order chi connectivity index (χ0) is 10.4. The van der Waals surface area contributed by atoms with Crippen molar-refractivity contribution >= 4 is 5.97 Å². The fraction of sp³-hybridized carbons (Fsp3) is 0.667. The van der Waals surface area contributed by atoms with Gasteiger partial charge in [-0.15, -0.1) is 0 Å². The maximum absolute atomic E-state index is 10.3. The normalized spacial score (nSPS) is 10.4. The molecule has 0 radical (unpaired) electrons. The number of carboxylic acids is 1. The Balaban J connectivity index is 2.41. The first-order chi connectivity index (χ1) is 6.74. The molecule has 0 fully saturated rings. The van der Waals surface area contributed by atoms with Gasteiger partial charge in [0.1, 0.15) is 12.2 Å². The minimum absolute atomic E-state index is 0.193. The predicted octanol–water partition coefficient (Wildman–Crippen LogP) is 1.10. The van der Waals surface area contributed by atoms with Crippen molar-refractivity contribution in [2.75, 3.05) is 0 Å². The van der Waals surface area contributed by atoms with Gasteiger partial charge in [-0.25, -0.2) is 4.98 Å². The molecule has 1 heterocycles. The smallest absolute Gasteiger partial charge is 0.303 e. The van der Waals surface area contributed by atoms with Crippen LogP contribution in [0.15, 0.2) is 6.33 Å². The third-order valence-electron chi connectivity index (χ3n) is 1.92. The molecule has 0 bridgehead atoms. The highest BCUT2D eigenvalue weighted by atomic mass is 16.4. The van der Waals surface area contributed by atoms with Gasteiger partial charge in [-0.1, -0.05) is 6.92 Å². The minimum Gasteiger partial charge on any atom is -0.481 e. The number of aryl methyl sites for hydroxylation is 2. The Kier molecular flexibility index (Phi) is 4.10. The van der Waals surface area contributed by atoms with Crippen LogP contribution in [-0.2, 0) is 17.8 Å². The second kappa shape index (κ2) is 5.36. The molecule has 0 aliphatic heterocycles. The molecule has 0 saturated heterocycles. The SMILES string of the molecule is CCCn1ncnc1CCCC(=O)O. The van der Waals surface area contributed by atoms with Crippen LogP contribution in [0.25, 0.3) is 0 Å². The van der Waals surface area contributed by atoms with E-state index in [-0.39, 0.29) is 6.42 Å². The summed E-state index contributed by atoms with van der Waals surface area (Å²) >= 11 is 0. The van der Waals surface area contributed by atoms with E-state index >= 15 is 0 Å². The first kappa shape index (κ1) is 10.7. The summed E-state index contributed by atoms with van der Waals surface area (Å²) in [6.45, 7) is 2.92. The lowest BCUT2D eigenvalue weighted by atomic mass is 10.2. The number of hydrogen-bond donors (Lipinski definition) is 1. The van der Waals surface area contributed by atoms with Crippen LogP contribution in [0, 0.1) is 0 Å². The Hall–Kier alpha value is -1.39. The first-order valence-electron chi connectivity index (χ1n) is 4.82. The molecule has 0 atom stereocenters. The van der Waals surface area contributed by atoms with E-state index < -0.39 is 5.97 Å². The van der Waals surface area contributed by atoms with Crippen LogP contribution in [0.2, 0.25) is 0 Å². The number of carboxylic acid groups (broad SMARTS) is 1. The summed E-state index contributed by atoms with van der Waals surface area (Å²) in [5.41, 5.74) is 0. The van der Waals surface area contributed by atoms with Crippen molar-refractivity contribution in [1.29, 1.82) is 0 Å². The highest BCUT2D eigenvalue weighted by Gasteiger charge is 2.04. The van der Waals surface area contributed by atoms with Gasteiger partial charge in [0, 0.05) is 19.4 Å². The standard InChI is InChI=1S/C9H15N3O2/c1-2-6-12-8(10-7-11-12)4-3-5-9(13)14/h7H,2-6H2,1H3,(H,13,14). The summed E-state index contributed by atoms with van der Waals surface area (Å²) in [4.78, 5) is 14.4. The van der Waals surface area contributed by atoms with E-state index in [2.05, 4.69) is 17.0 Å². The van der Waals surface area contributed by atoms with Crippen molar-refractivity contribution < 1.29 is 9.90 Å². The highest BCUT2D eigenvalue weighted by molar-refractivity contribution is 5.66. The Bertz CT molecular complexity index is 296. The van der Waals surface area contributed by atoms with Gasteiger partial charge in [-0.2, -0.15) is 5.10 Å². The predicted molar refractivity (Wildman–Crippen MR) is 50.9 cm³/mol. The molecule has 0 aromatic carbocycles. The van der Waals surface area contributed by atoms with E-state index in [0.717, 1.165) is 18.8 Å². The average molecular weight is 197 g/mol. The highest BCUT2D eigenvalue weighted by Crippen LogP contribution is 2.02. The van der Waals surface area contributed by atoms with Crippen molar-refractivity contribution in [1.82, 2.24) is 14.8 Å². The molecule has 0 saturated carbocycles. The summed E-state index contributed by atoms with van der Waals surface area (Å²) < 4.78 is 1.84. The van der Waals surface area contributed by atoms with Crippen LogP contribution in [-0.4, -0.2) is 25.8 Å². The van der Waals surface area contributed by atoms with E-state index in [0.29, 0.717) is 12.8 Å². The molecular weight excluding hydrogens is 182 g/mol. The van der Waals surface area contributed by atoms with Gasteiger partial charge < -0.3 is 5.11 Å².